The standard InChI is InChI=1S/C25H29N5O2S/c1-5-15-30-23(18(4)26-24(32)20-12-8-7-9-13-20)28-29-25(30)33-16-21(31)27-22-17(3)11-10-14-19(22)6-2/h5,7-14,18H,1,6,15-16H2,2-4H3,(H,26,32)(H,27,31)/t18-/m1/s1. The lowest BCUT2D eigenvalue weighted by atomic mass is 10.1. The van der Waals surface area contributed by atoms with Gasteiger partial charge in [0.15, 0.2) is 11.0 Å². The quantitative estimate of drug-likeness (QED) is 0.340. The molecular formula is C25H29N5O2S. The fourth-order valence-corrected chi connectivity index (χ4v) is 4.22. The van der Waals surface area contributed by atoms with Crippen molar-refractivity contribution in [3.8, 4) is 0 Å². The maximum Gasteiger partial charge on any atom is 0.251 e. The van der Waals surface area contributed by atoms with Crippen molar-refractivity contribution >= 4 is 29.3 Å². The zero-order valence-corrected chi connectivity index (χ0v) is 20.0. The molecule has 0 bridgehead atoms. The highest BCUT2D eigenvalue weighted by Gasteiger charge is 2.20. The lowest BCUT2D eigenvalue weighted by molar-refractivity contribution is -0.113. The average Bonchev–Trinajstić information content (AvgIpc) is 3.22. The highest BCUT2D eigenvalue weighted by molar-refractivity contribution is 7.99. The summed E-state index contributed by atoms with van der Waals surface area (Å²) in [5.41, 5.74) is 3.59. The topological polar surface area (TPSA) is 88.9 Å². The monoisotopic (exact) mass is 463 g/mol. The average molecular weight is 464 g/mol. The van der Waals surface area contributed by atoms with Crippen molar-refractivity contribution in [2.24, 2.45) is 0 Å². The van der Waals surface area contributed by atoms with Crippen LogP contribution in [-0.4, -0.2) is 32.3 Å². The maximum atomic E-state index is 12.7. The Hall–Kier alpha value is -3.39. The van der Waals surface area contributed by atoms with E-state index in [0.717, 1.165) is 23.2 Å². The SMILES string of the molecule is C=CCn1c(SCC(=O)Nc2c(C)cccc2CC)nnc1[C@@H](C)NC(=O)c1ccccc1. The molecule has 0 saturated carbocycles. The van der Waals surface area contributed by atoms with Gasteiger partial charge in [-0.2, -0.15) is 0 Å². The molecule has 2 N–H and O–H groups in total. The van der Waals surface area contributed by atoms with Crippen molar-refractivity contribution in [2.75, 3.05) is 11.1 Å². The molecular weight excluding hydrogens is 434 g/mol. The van der Waals surface area contributed by atoms with E-state index in [1.807, 2.05) is 54.8 Å². The number of aromatic nitrogens is 3. The van der Waals surface area contributed by atoms with E-state index in [0.29, 0.717) is 23.1 Å². The number of amides is 2. The molecule has 0 aliphatic rings. The predicted molar refractivity (Wildman–Crippen MR) is 132 cm³/mol. The van der Waals surface area contributed by atoms with Gasteiger partial charge in [0.25, 0.3) is 5.91 Å². The van der Waals surface area contributed by atoms with E-state index in [2.05, 4.69) is 34.3 Å². The molecule has 3 rings (SSSR count). The van der Waals surface area contributed by atoms with Crippen LogP contribution in [-0.2, 0) is 17.8 Å². The molecule has 1 atom stereocenters. The summed E-state index contributed by atoms with van der Waals surface area (Å²) in [7, 11) is 0. The molecule has 3 aromatic rings. The number of hydrogen-bond acceptors (Lipinski definition) is 5. The van der Waals surface area contributed by atoms with Crippen molar-refractivity contribution < 1.29 is 9.59 Å². The number of hydrogen-bond donors (Lipinski definition) is 2. The Morgan fingerprint density at radius 2 is 1.91 bits per heavy atom. The lowest BCUT2D eigenvalue weighted by Crippen LogP contribution is -2.28. The first-order chi connectivity index (χ1) is 15.9. The number of rotatable bonds is 10. The number of nitrogens with one attached hydrogen (secondary N) is 2. The van der Waals surface area contributed by atoms with Gasteiger partial charge in [-0.15, -0.1) is 16.8 Å². The second kappa shape index (κ2) is 11.5. The van der Waals surface area contributed by atoms with Crippen LogP contribution in [0, 0.1) is 6.92 Å². The number of carbonyl (C=O) groups excluding carboxylic acids is 2. The van der Waals surface area contributed by atoms with Crippen LogP contribution < -0.4 is 10.6 Å². The van der Waals surface area contributed by atoms with E-state index < -0.39 is 0 Å². The molecule has 8 heteroatoms. The Kier molecular flexibility index (Phi) is 8.43. The Balaban J connectivity index is 1.68. The van der Waals surface area contributed by atoms with Crippen LogP contribution in [0.3, 0.4) is 0 Å². The van der Waals surface area contributed by atoms with Gasteiger partial charge >= 0.3 is 0 Å². The highest BCUT2D eigenvalue weighted by atomic mass is 32.2. The van der Waals surface area contributed by atoms with Crippen LogP contribution in [0.15, 0.2) is 66.3 Å². The van der Waals surface area contributed by atoms with Crippen molar-refractivity contribution in [2.45, 2.75) is 44.9 Å². The fraction of sp³-hybridized carbons (Fsp3) is 0.280. The minimum Gasteiger partial charge on any atom is -0.342 e. The van der Waals surface area contributed by atoms with Gasteiger partial charge in [-0.05, 0) is 43.5 Å². The van der Waals surface area contributed by atoms with Crippen molar-refractivity contribution in [3.05, 3.63) is 83.7 Å². The van der Waals surface area contributed by atoms with Crippen molar-refractivity contribution in [3.63, 3.8) is 0 Å². The molecule has 172 valence electrons. The second-order valence-electron chi connectivity index (χ2n) is 7.60. The summed E-state index contributed by atoms with van der Waals surface area (Å²) in [4.78, 5) is 25.2. The zero-order valence-electron chi connectivity index (χ0n) is 19.2. The Labute approximate surface area is 198 Å². The van der Waals surface area contributed by atoms with E-state index in [1.54, 1.807) is 18.2 Å². The van der Waals surface area contributed by atoms with Gasteiger partial charge in [-0.1, -0.05) is 61.2 Å². The van der Waals surface area contributed by atoms with Gasteiger partial charge in [0.1, 0.15) is 0 Å². The lowest BCUT2D eigenvalue weighted by Gasteiger charge is -2.15. The van der Waals surface area contributed by atoms with Gasteiger partial charge in [-0.3, -0.25) is 9.59 Å². The minimum atomic E-state index is -0.368. The summed E-state index contributed by atoms with van der Waals surface area (Å²) in [5, 5.41) is 15.1. The molecule has 7 nitrogen and oxygen atoms in total. The molecule has 1 heterocycles. The van der Waals surface area contributed by atoms with Crippen LogP contribution in [0.25, 0.3) is 0 Å². The molecule has 33 heavy (non-hydrogen) atoms. The molecule has 0 spiro atoms. The number of anilines is 1. The van der Waals surface area contributed by atoms with Gasteiger partial charge in [0, 0.05) is 17.8 Å². The van der Waals surface area contributed by atoms with E-state index in [4.69, 9.17) is 0 Å². The third-order valence-corrected chi connectivity index (χ3v) is 6.13. The summed E-state index contributed by atoms with van der Waals surface area (Å²) in [5.74, 6) is 0.505. The van der Waals surface area contributed by atoms with Crippen LogP contribution in [0.1, 0.15) is 47.2 Å². The fourth-order valence-electron chi connectivity index (χ4n) is 3.47. The first-order valence-corrected chi connectivity index (χ1v) is 11.8. The number of para-hydroxylation sites is 1. The molecule has 0 unspecified atom stereocenters. The Morgan fingerprint density at radius 3 is 2.61 bits per heavy atom. The first kappa shape index (κ1) is 24.3. The minimum absolute atomic E-state index is 0.107. The maximum absolute atomic E-state index is 12.7. The number of benzene rings is 2. The van der Waals surface area contributed by atoms with Crippen LogP contribution >= 0.6 is 11.8 Å². The predicted octanol–water partition coefficient (Wildman–Crippen LogP) is 4.56. The molecule has 2 amide bonds. The van der Waals surface area contributed by atoms with Gasteiger partial charge in [0.05, 0.1) is 11.8 Å². The van der Waals surface area contributed by atoms with Gasteiger partial charge < -0.3 is 15.2 Å². The molecule has 1 aromatic heterocycles. The van der Waals surface area contributed by atoms with Crippen molar-refractivity contribution in [1.29, 1.82) is 0 Å². The van der Waals surface area contributed by atoms with Crippen molar-refractivity contribution in [1.82, 2.24) is 20.1 Å². The summed E-state index contributed by atoms with van der Waals surface area (Å²) in [6.45, 7) is 10.2. The van der Waals surface area contributed by atoms with E-state index in [-0.39, 0.29) is 23.6 Å². The summed E-state index contributed by atoms with van der Waals surface area (Å²) < 4.78 is 1.87. The Morgan fingerprint density at radius 1 is 1.15 bits per heavy atom. The van der Waals surface area contributed by atoms with Gasteiger partial charge in [0.2, 0.25) is 5.91 Å². The summed E-state index contributed by atoms with van der Waals surface area (Å²) >= 11 is 1.30. The molecule has 0 aliphatic heterocycles. The summed E-state index contributed by atoms with van der Waals surface area (Å²) in [6, 6.07) is 14.7. The molecule has 2 aromatic carbocycles. The Bertz CT molecular complexity index is 1130. The van der Waals surface area contributed by atoms with E-state index in [9.17, 15) is 9.59 Å². The zero-order chi connectivity index (χ0) is 23.8. The smallest absolute Gasteiger partial charge is 0.251 e. The molecule has 0 fully saturated rings. The number of aryl methyl sites for hydroxylation is 2. The number of carbonyl (C=O) groups is 2. The molecule has 0 aliphatic carbocycles. The van der Waals surface area contributed by atoms with E-state index >= 15 is 0 Å². The van der Waals surface area contributed by atoms with Crippen LogP contribution in [0.4, 0.5) is 5.69 Å². The summed E-state index contributed by atoms with van der Waals surface area (Å²) in [6.07, 6.45) is 2.58. The first-order valence-electron chi connectivity index (χ1n) is 10.9. The number of thioether (sulfide) groups is 1. The third kappa shape index (κ3) is 6.10. The molecule has 0 radical (unpaired) electrons. The normalized spacial score (nSPS) is 11.6. The molecule has 0 saturated heterocycles. The second-order valence-corrected chi connectivity index (χ2v) is 8.54. The number of nitrogens with zero attached hydrogens (tertiary/aromatic N) is 3. The van der Waals surface area contributed by atoms with E-state index in [1.165, 1.54) is 11.8 Å². The van der Waals surface area contributed by atoms with Crippen LogP contribution in [0.2, 0.25) is 0 Å². The number of allylic oxidation sites excluding steroid dienone is 1. The highest BCUT2D eigenvalue weighted by Crippen LogP contribution is 2.24. The third-order valence-electron chi connectivity index (χ3n) is 5.16. The van der Waals surface area contributed by atoms with Gasteiger partial charge in [-0.25, -0.2) is 0 Å². The largest absolute Gasteiger partial charge is 0.342 e. The van der Waals surface area contributed by atoms with Crippen LogP contribution in [0.5, 0.6) is 0 Å².